The van der Waals surface area contributed by atoms with Crippen LogP contribution in [0.5, 0.6) is 17.2 Å². The molecule has 1 fully saturated rings. The van der Waals surface area contributed by atoms with E-state index in [0.717, 1.165) is 29.0 Å². The highest BCUT2D eigenvalue weighted by Gasteiger charge is 2.27. The van der Waals surface area contributed by atoms with E-state index in [1.807, 2.05) is 42.5 Å². The Balaban J connectivity index is 1.25. The predicted molar refractivity (Wildman–Crippen MR) is 143 cm³/mol. The van der Waals surface area contributed by atoms with Crippen LogP contribution >= 0.6 is 39.3 Å². The SMILES string of the molecule is CCc1ccc(N[C@@H]2NC(=O)/C(=C/c3cc(Cl)c(OCc4ccc5c(c4)OCO5)c(Br)c3)S2)cc1. The molecule has 9 heteroatoms. The van der Waals surface area contributed by atoms with Gasteiger partial charge in [0.25, 0.3) is 5.91 Å². The molecule has 180 valence electrons. The van der Waals surface area contributed by atoms with Gasteiger partial charge in [0.15, 0.2) is 22.7 Å². The molecule has 35 heavy (non-hydrogen) atoms. The number of aryl methyl sites for hydroxylation is 1. The monoisotopic (exact) mass is 572 g/mol. The van der Waals surface area contributed by atoms with Crippen LogP contribution in [0, 0.1) is 0 Å². The number of rotatable bonds is 7. The van der Waals surface area contributed by atoms with Gasteiger partial charge in [0.05, 0.1) is 14.4 Å². The Hall–Kier alpha value is -2.81. The third-order valence-corrected chi connectivity index (χ3v) is 7.43. The van der Waals surface area contributed by atoms with Crippen LogP contribution in [0.4, 0.5) is 5.69 Å². The Bertz CT molecular complexity index is 1280. The van der Waals surface area contributed by atoms with Crippen molar-refractivity contribution in [2.75, 3.05) is 12.1 Å². The van der Waals surface area contributed by atoms with Gasteiger partial charge < -0.3 is 24.8 Å². The Morgan fingerprint density at radius 2 is 1.91 bits per heavy atom. The molecule has 2 heterocycles. The van der Waals surface area contributed by atoms with Crippen LogP contribution in [0.2, 0.25) is 5.02 Å². The number of hydrogen-bond donors (Lipinski definition) is 2. The molecule has 6 nitrogen and oxygen atoms in total. The molecule has 2 aliphatic rings. The third kappa shape index (κ3) is 5.55. The first-order chi connectivity index (χ1) is 17.0. The zero-order valence-corrected chi connectivity index (χ0v) is 21.9. The predicted octanol–water partition coefficient (Wildman–Crippen LogP) is 6.57. The van der Waals surface area contributed by atoms with E-state index in [9.17, 15) is 4.79 Å². The molecular weight excluding hydrogens is 552 g/mol. The van der Waals surface area contributed by atoms with Crippen molar-refractivity contribution in [1.29, 1.82) is 0 Å². The van der Waals surface area contributed by atoms with E-state index in [-0.39, 0.29) is 18.2 Å². The number of benzene rings is 3. The van der Waals surface area contributed by atoms with Crippen LogP contribution in [0.1, 0.15) is 23.6 Å². The van der Waals surface area contributed by atoms with Crippen molar-refractivity contribution < 1.29 is 19.0 Å². The first kappa shape index (κ1) is 23.9. The number of carbonyl (C=O) groups excluding carboxylic acids is 1. The maximum Gasteiger partial charge on any atom is 0.260 e. The largest absolute Gasteiger partial charge is 0.486 e. The molecule has 0 aliphatic carbocycles. The number of anilines is 1. The normalized spacial score (nSPS) is 17.5. The molecule has 5 rings (SSSR count). The van der Waals surface area contributed by atoms with Crippen LogP contribution in [0.25, 0.3) is 6.08 Å². The molecule has 1 amide bonds. The van der Waals surface area contributed by atoms with Crippen LogP contribution in [0.3, 0.4) is 0 Å². The summed E-state index contributed by atoms with van der Waals surface area (Å²) < 4.78 is 17.4. The molecule has 0 bridgehead atoms. The standard InChI is InChI=1S/C26H22BrClN2O4S/c1-2-15-3-6-18(7-4-15)29-26-30-25(31)23(35-26)12-17-9-19(27)24(20(28)10-17)32-13-16-5-8-21-22(11-16)34-14-33-21/h3-12,26,29H,2,13-14H2,1H3,(H,30,31)/b23-12-/t26-/m1/s1. The van der Waals surface area contributed by atoms with E-state index < -0.39 is 0 Å². The molecule has 0 aromatic heterocycles. The summed E-state index contributed by atoms with van der Waals surface area (Å²) in [6.07, 6.45) is 2.81. The molecule has 1 atom stereocenters. The van der Waals surface area contributed by atoms with E-state index >= 15 is 0 Å². The van der Waals surface area contributed by atoms with Crippen molar-refractivity contribution in [1.82, 2.24) is 5.32 Å². The number of nitrogens with one attached hydrogen (secondary N) is 2. The van der Waals surface area contributed by atoms with Gasteiger partial charge in [-0.3, -0.25) is 4.79 Å². The van der Waals surface area contributed by atoms with Crippen LogP contribution in [-0.2, 0) is 17.8 Å². The Morgan fingerprint density at radius 3 is 2.69 bits per heavy atom. The summed E-state index contributed by atoms with van der Waals surface area (Å²) in [6.45, 7) is 2.67. The van der Waals surface area contributed by atoms with Gasteiger partial charge in [-0.25, -0.2) is 0 Å². The summed E-state index contributed by atoms with van der Waals surface area (Å²) >= 11 is 11.5. The number of amides is 1. The van der Waals surface area contributed by atoms with E-state index in [1.54, 1.807) is 6.07 Å². The molecule has 0 saturated carbocycles. The fraction of sp³-hybridized carbons (Fsp3) is 0.192. The molecule has 0 unspecified atom stereocenters. The average Bonchev–Trinajstić information content (AvgIpc) is 3.44. The number of hydrogen-bond acceptors (Lipinski definition) is 6. The highest BCUT2D eigenvalue weighted by atomic mass is 79.9. The maximum atomic E-state index is 12.5. The van der Waals surface area contributed by atoms with Gasteiger partial charge in [0.2, 0.25) is 6.79 Å². The van der Waals surface area contributed by atoms with Gasteiger partial charge in [-0.15, -0.1) is 0 Å². The highest BCUT2D eigenvalue weighted by Crippen LogP contribution is 2.38. The molecule has 2 N–H and O–H groups in total. The van der Waals surface area contributed by atoms with E-state index in [4.69, 9.17) is 25.8 Å². The maximum absolute atomic E-state index is 12.5. The van der Waals surface area contributed by atoms with Crippen molar-refractivity contribution in [3.63, 3.8) is 0 Å². The number of fused-ring (bicyclic) bond motifs is 1. The molecule has 0 spiro atoms. The first-order valence-corrected chi connectivity index (χ1v) is 13.1. The topological polar surface area (TPSA) is 68.8 Å². The van der Waals surface area contributed by atoms with Gasteiger partial charge in [-0.2, -0.15) is 0 Å². The lowest BCUT2D eigenvalue weighted by molar-refractivity contribution is -0.116. The molecule has 3 aromatic carbocycles. The fourth-order valence-corrected chi connectivity index (χ4v) is 5.67. The Kier molecular flexibility index (Phi) is 7.13. The van der Waals surface area contributed by atoms with Crippen molar-refractivity contribution in [2.45, 2.75) is 25.4 Å². The lowest BCUT2D eigenvalue weighted by atomic mass is 10.1. The lowest BCUT2D eigenvalue weighted by Crippen LogP contribution is -2.30. The van der Waals surface area contributed by atoms with E-state index in [1.165, 1.54) is 17.3 Å². The second kappa shape index (κ2) is 10.4. The second-order valence-electron chi connectivity index (χ2n) is 7.96. The van der Waals surface area contributed by atoms with E-state index in [2.05, 4.69) is 45.6 Å². The summed E-state index contributed by atoms with van der Waals surface area (Å²) in [5, 5.41) is 6.74. The molecule has 2 aliphatic heterocycles. The van der Waals surface area contributed by atoms with Gasteiger partial charge in [0, 0.05) is 5.69 Å². The molecule has 3 aromatic rings. The molecular formula is C26H22BrClN2O4S. The van der Waals surface area contributed by atoms with Crippen LogP contribution in [0.15, 0.2) is 64.0 Å². The summed E-state index contributed by atoms with van der Waals surface area (Å²) in [4.78, 5) is 13.1. The summed E-state index contributed by atoms with van der Waals surface area (Å²) in [6, 6.07) is 17.5. The van der Waals surface area contributed by atoms with Crippen LogP contribution < -0.4 is 24.8 Å². The zero-order chi connectivity index (χ0) is 24.4. The Morgan fingerprint density at radius 1 is 1.14 bits per heavy atom. The molecule has 0 radical (unpaired) electrons. The fourth-order valence-electron chi connectivity index (χ4n) is 3.69. The van der Waals surface area contributed by atoms with Gasteiger partial charge in [-0.1, -0.05) is 48.5 Å². The summed E-state index contributed by atoms with van der Waals surface area (Å²) in [7, 11) is 0. The van der Waals surface area contributed by atoms with Crippen molar-refractivity contribution in [3.8, 4) is 17.2 Å². The third-order valence-electron chi connectivity index (χ3n) is 5.53. The first-order valence-electron chi connectivity index (χ1n) is 11.0. The number of carbonyl (C=O) groups is 1. The van der Waals surface area contributed by atoms with Crippen LogP contribution in [-0.4, -0.2) is 18.2 Å². The zero-order valence-electron chi connectivity index (χ0n) is 18.8. The number of thioether (sulfide) groups is 1. The minimum Gasteiger partial charge on any atom is -0.486 e. The second-order valence-corrected chi connectivity index (χ2v) is 10.4. The summed E-state index contributed by atoms with van der Waals surface area (Å²) in [5.74, 6) is 1.83. The van der Waals surface area contributed by atoms with Gasteiger partial charge in [0.1, 0.15) is 6.61 Å². The quantitative estimate of drug-likeness (QED) is 0.312. The molecule has 1 saturated heterocycles. The lowest BCUT2D eigenvalue weighted by Gasteiger charge is -2.13. The number of ether oxygens (including phenoxy) is 3. The van der Waals surface area contributed by atoms with Crippen molar-refractivity contribution >= 4 is 57.0 Å². The highest BCUT2D eigenvalue weighted by molar-refractivity contribution is 9.10. The number of halogens is 2. The van der Waals surface area contributed by atoms with Crippen molar-refractivity contribution in [2.24, 2.45) is 0 Å². The smallest absolute Gasteiger partial charge is 0.260 e. The minimum atomic E-state index is -0.246. The van der Waals surface area contributed by atoms with Gasteiger partial charge in [-0.05, 0) is 81.5 Å². The van der Waals surface area contributed by atoms with Gasteiger partial charge >= 0.3 is 0 Å². The minimum absolute atomic E-state index is 0.131. The van der Waals surface area contributed by atoms with E-state index in [0.29, 0.717) is 32.5 Å². The average molecular weight is 574 g/mol. The summed E-state index contributed by atoms with van der Waals surface area (Å²) in [5.41, 5.74) is 3.71. The van der Waals surface area contributed by atoms with Crippen molar-refractivity contribution in [3.05, 3.63) is 85.7 Å². The Labute approximate surface area is 221 Å².